The molecule has 0 atom stereocenters. The van der Waals surface area contributed by atoms with Crippen LogP contribution in [-0.4, -0.2) is 62.7 Å². The first-order valence-corrected chi connectivity index (χ1v) is 7.15. The zero-order valence-corrected chi connectivity index (χ0v) is 12.3. The molecule has 0 saturated carbocycles. The molecule has 3 nitrogen and oxygen atoms in total. The van der Waals surface area contributed by atoms with Crippen molar-refractivity contribution in [1.29, 1.82) is 0 Å². The van der Waals surface area contributed by atoms with Crippen molar-refractivity contribution in [2.45, 2.75) is 33.6 Å². The van der Waals surface area contributed by atoms with Gasteiger partial charge in [-0.3, -0.25) is 4.90 Å². The summed E-state index contributed by atoms with van der Waals surface area (Å²) in [5.74, 6) is 0. The molecule has 1 aliphatic heterocycles. The minimum atomic E-state index is 0.503. The lowest BCUT2D eigenvalue weighted by atomic mass is 9.86. The van der Waals surface area contributed by atoms with Crippen LogP contribution in [0.5, 0.6) is 0 Å². The van der Waals surface area contributed by atoms with E-state index < -0.39 is 0 Å². The number of likely N-dealkylation sites (N-methyl/N-ethyl adjacent to an activating group) is 1. The predicted octanol–water partition coefficient (Wildman–Crippen LogP) is 1.65. The highest BCUT2D eigenvalue weighted by molar-refractivity contribution is 4.71. The van der Waals surface area contributed by atoms with E-state index in [1.165, 1.54) is 45.6 Å². The minimum absolute atomic E-state index is 0.503. The van der Waals surface area contributed by atoms with E-state index in [0.29, 0.717) is 5.41 Å². The summed E-state index contributed by atoms with van der Waals surface area (Å²) >= 11 is 0. The molecule has 1 fully saturated rings. The van der Waals surface area contributed by atoms with E-state index >= 15 is 0 Å². The monoisotopic (exact) mass is 241 g/mol. The topological polar surface area (TPSA) is 18.5 Å². The molecule has 0 aromatic carbocycles. The molecule has 3 heteroatoms. The molecule has 1 heterocycles. The molecule has 17 heavy (non-hydrogen) atoms. The molecule has 0 spiro atoms. The number of hydrogen-bond acceptors (Lipinski definition) is 3. The molecule has 0 amide bonds. The molecule has 0 radical (unpaired) electrons. The van der Waals surface area contributed by atoms with Gasteiger partial charge < -0.3 is 10.2 Å². The van der Waals surface area contributed by atoms with Crippen molar-refractivity contribution in [2.24, 2.45) is 5.41 Å². The molecular weight excluding hydrogens is 210 g/mol. The van der Waals surface area contributed by atoms with Gasteiger partial charge >= 0.3 is 0 Å². The average molecular weight is 241 g/mol. The SMILES string of the molecule is CCC(C)(C)CCN(C)CCN1CCNCC1. The predicted molar refractivity (Wildman–Crippen MR) is 75.5 cm³/mol. The summed E-state index contributed by atoms with van der Waals surface area (Å²) < 4.78 is 0. The summed E-state index contributed by atoms with van der Waals surface area (Å²) in [7, 11) is 2.26. The maximum atomic E-state index is 3.40. The molecule has 1 rings (SSSR count). The van der Waals surface area contributed by atoms with Crippen LogP contribution in [-0.2, 0) is 0 Å². The van der Waals surface area contributed by atoms with Gasteiger partial charge in [0.05, 0.1) is 0 Å². The van der Waals surface area contributed by atoms with E-state index in [1.54, 1.807) is 0 Å². The molecule has 1 aliphatic rings. The van der Waals surface area contributed by atoms with E-state index in [1.807, 2.05) is 0 Å². The first kappa shape index (κ1) is 14.9. The third-order valence-electron chi connectivity index (χ3n) is 4.13. The lowest BCUT2D eigenvalue weighted by Crippen LogP contribution is -2.46. The van der Waals surface area contributed by atoms with Gasteiger partial charge in [-0.1, -0.05) is 27.2 Å². The fraction of sp³-hybridized carbons (Fsp3) is 1.00. The zero-order chi connectivity index (χ0) is 12.7. The fourth-order valence-corrected chi connectivity index (χ4v) is 2.03. The third-order valence-corrected chi connectivity index (χ3v) is 4.13. The molecule has 0 unspecified atom stereocenters. The van der Waals surface area contributed by atoms with Crippen LogP contribution in [0.3, 0.4) is 0 Å². The highest BCUT2D eigenvalue weighted by Gasteiger charge is 2.16. The third kappa shape index (κ3) is 6.39. The molecule has 102 valence electrons. The van der Waals surface area contributed by atoms with Crippen molar-refractivity contribution in [2.75, 3.05) is 52.9 Å². The zero-order valence-electron chi connectivity index (χ0n) is 12.3. The van der Waals surface area contributed by atoms with Gasteiger partial charge in [0, 0.05) is 39.3 Å². The van der Waals surface area contributed by atoms with Gasteiger partial charge in [-0.05, 0) is 25.4 Å². The lowest BCUT2D eigenvalue weighted by molar-refractivity contribution is 0.188. The number of nitrogens with one attached hydrogen (secondary N) is 1. The molecule has 0 aliphatic carbocycles. The second-order valence-electron chi connectivity index (χ2n) is 6.16. The molecule has 0 aromatic rings. The van der Waals surface area contributed by atoms with E-state index in [9.17, 15) is 0 Å². The molecular formula is C14H31N3. The molecule has 0 aromatic heterocycles. The van der Waals surface area contributed by atoms with Crippen LogP contribution in [0.1, 0.15) is 33.6 Å². The van der Waals surface area contributed by atoms with Crippen LogP contribution >= 0.6 is 0 Å². The second-order valence-corrected chi connectivity index (χ2v) is 6.16. The van der Waals surface area contributed by atoms with Crippen LogP contribution in [0.15, 0.2) is 0 Å². The average Bonchev–Trinajstić information content (AvgIpc) is 2.35. The van der Waals surface area contributed by atoms with Crippen molar-refractivity contribution in [3.63, 3.8) is 0 Å². The van der Waals surface area contributed by atoms with Crippen molar-refractivity contribution in [3.8, 4) is 0 Å². The van der Waals surface area contributed by atoms with Gasteiger partial charge in [-0.15, -0.1) is 0 Å². The Morgan fingerprint density at radius 3 is 2.41 bits per heavy atom. The van der Waals surface area contributed by atoms with Gasteiger partial charge in [0.1, 0.15) is 0 Å². The summed E-state index contributed by atoms with van der Waals surface area (Å²) in [4.78, 5) is 5.05. The number of rotatable bonds is 7. The Morgan fingerprint density at radius 2 is 1.82 bits per heavy atom. The molecule has 1 saturated heterocycles. The van der Waals surface area contributed by atoms with E-state index in [-0.39, 0.29) is 0 Å². The summed E-state index contributed by atoms with van der Waals surface area (Å²) in [6.45, 7) is 15.5. The second kappa shape index (κ2) is 7.34. The van der Waals surface area contributed by atoms with E-state index in [0.717, 1.165) is 13.1 Å². The van der Waals surface area contributed by atoms with Crippen LogP contribution < -0.4 is 5.32 Å². The Kier molecular flexibility index (Phi) is 6.45. The molecule has 0 bridgehead atoms. The quantitative estimate of drug-likeness (QED) is 0.731. The van der Waals surface area contributed by atoms with Gasteiger partial charge in [0.2, 0.25) is 0 Å². The Bertz CT molecular complexity index is 198. The number of hydrogen-bond donors (Lipinski definition) is 1. The molecule has 1 N–H and O–H groups in total. The van der Waals surface area contributed by atoms with Gasteiger partial charge in [-0.25, -0.2) is 0 Å². The van der Waals surface area contributed by atoms with Crippen molar-refractivity contribution in [1.82, 2.24) is 15.1 Å². The maximum absolute atomic E-state index is 3.40. The first-order chi connectivity index (χ1) is 8.03. The first-order valence-electron chi connectivity index (χ1n) is 7.15. The Morgan fingerprint density at radius 1 is 1.18 bits per heavy atom. The highest BCUT2D eigenvalue weighted by atomic mass is 15.2. The standard InChI is InChI=1S/C14H31N3/c1-5-14(2,3)6-9-16(4)12-13-17-10-7-15-8-11-17/h15H,5-13H2,1-4H3. The van der Waals surface area contributed by atoms with E-state index in [4.69, 9.17) is 0 Å². The van der Waals surface area contributed by atoms with Crippen LogP contribution in [0, 0.1) is 5.41 Å². The van der Waals surface area contributed by atoms with Gasteiger partial charge in [-0.2, -0.15) is 0 Å². The van der Waals surface area contributed by atoms with Gasteiger partial charge in [0.15, 0.2) is 0 Å². The summed E-state index contributed by atoms with van der Waals surface area (Å²) in [6, 6.07) is 0. The van der Waals surface area contributed by atoms with E-state index in [2.05, 4.69) is 42.9 Å². The Labute approximate surface area is 108 Å². The maximum Gasteiger partial charge on any atom is 0.0110 e. The van der Waals surface area contributed by atoms with Crippen molar-refractivity contribution in [3.05, 3.63) is 0 Å². The normalized spacial score (nSPS) is 18.9. The fourth-order valence-electron chi connectivity index (χ4n) is 2.03. The lowest BCUT2D eigenvalue weighted by Gasteiger charge is -2.30. The van der Waals surface area contributed by atoms with Gasteiger partial charge in [0.25, 0.3) is 0 Å². The van der Waals surface area contributed by atoms with Crippen molar-refractivity contribution < 1.29 is 0 Å². The Hall–Kier alpha value is -0.120. The van der Waals surface area contributed by atoms with Crippen LogP contribution in [0.4, 0.5) is 0 Å². The smallest absolute Gasteiger partial charge is 0.0110 e. The number of nitrogens with zero attached hydrogens (tertiary/aromatic N) is 2. The van der Waals surface area contributed by atoms with Crippen LogP contribution in [0.25, 0.3) is 0 Å². The summed E-state index contributed by atoms with van der Waals surface area (Å²) in [5.41, 5.74) is 0.503. The summed E-state index contributed by atoms with van der Waals surface area (Å²) in [6.07, 6.45) is 2.58. The minimum Gasteiger partial charge on any atom is -0.314 e. The Balaban J connectivity index is 2.10. The largest absolute Gasteiger partial charge is 0.314 e. The van der Waals surface area contributed by atoms with Crippen LogP contribution in [0.2, 0.25) is 0 Å². The van der Waals surface area contributed by atoms with Crippen molar-refractivity contribution >= 4 is 0 Å². The summed E-state index contributed by atoms with van der Waals surface area (Å²) in [5, 5.41) is 3.40. The highest BCUT2D eigenvalue weighted by Crippen LogP contribution is 2.24. The number of piperazine rings is 1.